The lowest BCUT2D eigenvalue weighted by atomic mass is 9.46. The summed E-state index contributed by atoms with van der Waals surface area (Å²) in [6.07, 6.45) is 5.27. The first-order chi connectivity index (χ1) is 5.64. The number of hydrogen-bond donors (Lipinski definition) is 1. The van der Waals surface area contributed by atoms with E-state index in [-0.39, 0.29) is 0 Å². The zero-order valence-electron chi connectivity index (χ0n) is 8.21. The summed E-state index contributed by atoms with van der Waals surface area (Å²) in [6, 6.07) is 0. The average Bonchev–Trinajstić information content (AvgIpc) is 2.05. The minimum atomic E-state index is 0.393. The van der Waals surface area contributed by atoms with Crippen LogP contribution >= 0.6 is 0 Å². The Morgan fingerprint density at radius 1 is 1.17 bits per heavy atom. The highest BCUT2D eigenvalue weighted by atomic mass is 16.3. The van der Waals surface area contributed by atoms with Gasteiger partial charge in [0.25, 0.3) is 0 Å². The molecule has 3 fully saturated rings. The Morgan fingerprint density at radius 3 is 2.17 bits per heavy atom. The Morgan fingerprint density at radius 2 is 1.75 bits per heavy atom. The summed E-state index contributed by atoms with van der Waals surface area (Å²) in [5.74, 6) is 2.77. The van der Waals surface area contributed by atoms with Crippen molar-refractivity contribution in [3.8, 4) is 0 Å². The van der Waals surface area contributed by atoms with Crippen LogP contribution < -0.4 is 0 Å². The molecule has 70 valence electrons. The number of rotatable bonds is 2. The van der Waals surface area contributed by atoms with Crippen molar-refractivity contribution in [1.29, 1.82) is 0 Å². The maximum atomic E-state index is 8.85. The summed E-state index contributed by atoms with van der Waals surface area (Å²) in [5.41, 5.74) is 0.631. The fourth-order valence-corrected chi connectivity index (χ4v) is 3.24. The number of fused-ring (bicyclic) bond motifs is 2. The molecule has 0 heterocycles. The summed E-state index contributed by atoms with van der Waals surface area (Å²) < 4.78 is 0. The summed E-state index contributed by atoms with van der Waals surface area (Å²) in [7, 11) is 0. The molecule has 3 atom stereocenters. The highest BCUT2D eigenvalue weighted by Gasteiger charge is 2.52. The first-order valence-electron chi connectivity index (χ1n) is 5.25. The third kappa shape index (κ3) is 1.10. The monoisotopic (exact) mass is 168 g/mol. The van der Waals surface area contributed by atoms with Gasteiger partial charge in [-0.1, -0.05) is 13.8 Å². The van der Waals surface area contributed by atoms with Crippen LogP contribution in [0.3, 0.4) is 0 Å². The molecule has 0 amide bonds. The van der Waals surface area contributed by atoms with E-state index in [2.05, 4.69) is 13.8 Å². The van der Waals surface area contributed by atoms with E-state index in [1.165, 1.54) is 19.3 Å². The van der Waals surface area contributed by atoms with E-state index in [9.17, 15) is 0 Å². The highest BCUT2D eigenvalue weighted by molar-refractivity contribution is 5.01. The van der Waals surface area contributed by atoms with Crippen LogP contribution in [-0.2, 0) is 0 Å². The SMILES string of the molecule is CC1(C)C2C[C@H](CCO)C[C@@H]1C2. The highest BCUT2D eigenvalue weighted by Crippen LogP contribution is 2.60. The van der Waals surface area contributed by atoms with E-state index < -0.39 is 0 Å². The van der Waals surface area contributed by atoms with Crippen molar-refractivity contribution in [1.82, 2.24) is 0 Å². The van der Waals surface area contributed by atoms with Crippen LogP contribution in [0.4, 0.5) is 0 Å². The van der Waals surface area contributed by atoms with E-state index in [0.29, 0.717) is 12.0 Å². The number of aliphatic hydroxyl groups excluding tert-OH is 1. The Balaban J connectivity index is 1.92. The molecule has 0 aromatic heterocycles. The van der Waals surface area contributed by atoms with Gasteiger partial charge in [0.05, 0.1) is 0 Å². The zero-order chi connectivity index (χ0) is 8.77. The zero-order valence-corrected chi connectivity index (χ0v) is 8.21. The second-order valence-corrected chi connectivity index (χ2v) is 5.30. The second kappa shape index (κ2) is 2.73. The van der Waals surface area contributed by atoms with Crippen LogP contribution in [0.15, 0.2) is 0 Å². The molecule has 0 radical (unpaired) electrons. The van der Waals surface area contributed by atoms with Crippen LogP contribution in [0.1, 0.15) is 39.5 Å². The third-order valence-electron chi connectivity index (χ3n) is 4.45. The first kappa shape index (κ1) is 8.55. The van der Waals surface area contributed by atoms with Gasteiger partial charge in [0.2, 0.25) is 0 Å². The van der Waals surface area contributed by atoms with Gasteiger partial charge < -0.3 is 5.11 Å². The van der Waals surface area contributed by atoms with Gasteiger partial charge in [-0.25, -0.2) is 0 Å². The smallest absolute Gasteiger partial charge is 0.0433 e. The molecule has 1 heteroatoms. The van der Waals surface area contributed by atoms with Crippen LogP contribution in [-0.4, -0.2) is 11.7 Å². The second-order valence-electron chi connectivity index (χ2n) is 5.30. The molecule has 0 saturated heterocycles. The van der Waals surface area contributed by atoms with Crippen molar-refractivity contribution >= 4 is 0 Å². The summed E-state index contributed by atoms with van der Waals surface area (Å²) in [6.45, 7) is 5.23. The van der Waals surface area contributed by atoms with Crippen molar-refractivity contribution in [2.45, 2.75) is 39.5 Å². The maximum Gasteiger partial charge on any atom is 0.0433 e. The molecular weight excluding hydrogens is 148 g/mol. The van der Waals surface area contributed by atoms with Gasteiger partial charge in [0, 0.05) is 6.61 Å². The molecule has 2 bridgehead atoms. The van der Waals surface area contributed by atoms with Gasteiger partial charge in [0.1, 0.15) is 0 Å². The van der Waals surface area contributed by atoms with Crippen LogP contribution in [0.2, 0.25) is 0 Å². The minimum Gasteiger partial charge on any atom is -0.396 e. The molecule has 3 saturated carbocycles. The average molecular weight is 168 g/mol. The number of aliphatic hydroxyl groups is 1. The Hall–Kier alpha value is -0.0400. The predicted molar refractivity (Wildman–Crippen MR) is 49.8 cm³/mol. The topological polar surface area (TPSA) is 20.2 Å². The van der Waals surface area contributed by atoms with Crippen LogP contribution in [0.5, 0.6) is 0 Å². The molecule has 0 aromatic carbocycles. The van der Waals surface area contributed by atoms with Crippen molar-refractivity contribution in [3.05, 3.63) is 0 Å². The van der Waals surface area contributed by atoms with Crippen molar-refractivity contribution in [3.63, 3.8) is 0 Å². The molecule has 0 aromatic rings. The van der Waals surface area contributed by atoms with Crippen molar-refractivity contribution in [2.75, 3.05) is 6.61 Å². The molecular formula is C11H20O. The molecule has 1 N–H and O–H groups in total. The van der Waals surface area contributed by atoms with Crippen molar-refractivity contribution in [2.24, 2.45) is 23.2 Å². The molecule has 1 unspecified atom stereocenters. The molecule has 0 aliphatic heterocycles. The fraction of sp³-hybridized carbons (Fsp3) is 1.00. The predicted octanol–water partition coefficient (Wildman–Crippen LogP) is 2.44. The van der Waals surface area contributed by atoms with E-state index in [1.54, 1.807) is 0 Å². The largest absolute Gasteiger partial charge is 0.396 e. The molecule has 0 spiro atoms. The van der Waals surface area contributed by atoms with Crippen LogP contribution in [0, 0.1) is 23.2 Å². The fourth-order valence-electron chi connectivity index (χ4n) is 3.24. The number of hydrogen-bond acceptors (Lipinski definition) is 1. The third-order valence-corrected chi connectivity index (χ3v) is 4.45. The molecule has 3 aliphatic rings. The molecule has 3 rings (SSSR count). The first-order valence-corrected chi connectivity index (χ1v) is 5.25. The molecule has 12 heavy (non-hydrogen) atoms. The summed E-state index contributed by atoms with van der Waals surface area (Å²) in [4.78, 5) is 0. The van der Waals surface area contributed by atoms with Gasteiger partial charge in [-0.3, -0.25) is 0 Å². The summed E-state index contributed by atoms with van der Waals surface area (Å²) in [5, 5.41) is 8.85. The van der Waals surface area contributed by atoms with Gasteiger partial charge in [0.15, 0.2) is 0 Å². The van der Waals surface area contributed by atoms with Crippen LogP contribution in [0.25, 0.3) is 0 Å². The standard InChI is InChI=1S/C11H20O/c1-11(2)9-5-8(3-4-12)6-10(11)7-9/h8-10,12H,3-7H2,1-2H3/t8-,9-,10?/m1/s1. The Kier molecular flexibility index (Phi) is 1.95. The summed E-state index contributed by atoms with van der Waals surface area (Å²) >= 11 is 0. The molecule has 1 nitrogen and oxygen atoms in total. The van der Waals surface area contributed by atoms with Gasteiger partial charge in [-0.2, -0.15) is 0 Å². The lowest BCUT2D eigenvalue weighted by molar-refractivity contribution is -0.0929. The van der Waals surface area contributed by atoms with Crippen molar-refractivity contribution < 1.29 is 5.11 Å². The van der Waals surface area contributed by atoms with Gasteiger partial charge >= 0.3 is 0 Å². The lowest BCUT2D eigenvalue weighted by Crippen LogP contribution is -2.50. The van der Waals surface area contributed by atoms with Gasteiger partial charge in [-0.15, -0.1) is 0 Å². The maximum absolute atomic E-state index is 8.85. The van der Waals surface area contributed by atoms with E-state index in [4.69, 9.17) is 5.11 Å². The quantitative estimate of drug-likeness (QED) is 0.671. The van der Waals surface area contributed by atoms with Gasteiger partial charge in [-0.05, 0) is 48.9 Å². The molecule has 3 aliphatic carbocycles. The van der Waals surface area contributed by atoms with E-state index >= 15 is 0 Å². The normalized spacial score (nSPS) is 43.8. The lowest BCUT2D eigenvalue weighted by Gasteiger charge is -2.59. The van der Waals surface area contributed by atoms with E-state index in [0.717, 1.165) is 24.2 Å². The van der Waals surface area contributed by atoms with E-state index in [1.807, 2.05) is 0 Å². The Bertz CT molecular complexity index is 160. The minimum absolute atomic E-state index is 0.393. The Labute approximate surface area is 75.2 Å².